The second-order valence-corrected chi connectivity index (χ2v) is 7.88. The highest BCUT2D eigenvalue weighted by atomic mass is 32.2. The van der Waals surface area contributed by atoms with Gasteiger partial charge in [0.15, 0.2) is 0 Å². The van der Waals surface area contributed by atoms with Gasteiger partial charge >= 0.3 is 6.03 Å². The Hall–Kier alpha value is -1.60. The predicted octanol–water partition coefficient (Wildman–Crippen LogP) is 2.60. The molecule has 1 aromatic carbocycles. The molecule has 2 amide bonds. The number of rotatable bonds is 5. The minimum absolute atomic E-state index is 0.171. The van der Waals surface area contributed by atoms with E-state index in [2.05, 4.69) is 15.4 Å². The van der Waals surface area contributed by atoms with Crippen LogP contribution in [0.15, 0.2) is 23.1 Å². The highest BCUT2D eigenvalue weighted by molar-refractivity contribution is 7.89. The van der Waals surface area contributed by atoms with Crippen molar-refractivity contribution in [3.05, 3.63) is 23.8 Å². The number of amides is 2. The minimum atomic E-state index is -3.54. The summed E-state index contributed by atoms with van der Waals surface area (Å²) in [6.07, 6.45) is 6.08. The molecule has 3 N–H and O–H groups in total. The highest BCUT2D eigenvalue weighted by Gasteiger charge is 2.17. The van der Waals surface area contributed by atoms with Gasteiger partial charge in [-0.2, -0.15) is 0 Å². The van der Waals surface area contributed by atoms with Crippen LogP contribution in [-0.2, 0) is 10.0 Å². The van der Waals surface area contributed by atoms with Crippen molar-refractivity contribution in [2.24, 2.45) is 5.92 Å². The van der Waals surface area contributed by atoms with Crippen molar-refractivity contribution in [1.29, 1.82) is 0 Å². The molecule has 1 aliphatic rings. The standard InChI is InChI=1S/C16H25N3O3S/c1-12-8-9-14(10-15(12)23(21,22)17-2)19-16(20)18-11-13-6-4-3-5-7-13/h8-10,13,17H,3-7,11H2,1-2H3,(H2,18,19,20). The average molecular weight is 339 g/mol. The van der Waals surface area contributed by atoms with Gasteiger partial charge in [-0.05, 0) is 50.4 Å². The highest BCUT2D eigenvalue weighted by Crippen LogP contribution is 2.23. The number of urea groups is 1. The van der Waals surface area contributed by atoms with Crippen molar-refractivity contribution in [3.63, 3.8) is 0 Å². The van der Waals surface area contributed by atoms with Crippen molar-refractivity contribution in [2.75, 3.05) is 18.9 Å². The summed E-state index contributed by atoms with van der Waals surface area (Å²) in [7, 11) is -2.17. The normalized spacial score (nSPS) is 16.1. The third kappa shape index (κ3) is 4.94. The molecule has 0 spiro atoms. The van der Waals surface area contributed by atoms with Crippen LogP contribution in [0.2, 0.25) is 0 Å². The van der Waals surface area contributed by atoms with Crippen LogP contribution in [0.5, 0.6) is 0 Å². The van der Waals surface area contributed by atoms with Crippen LogP contribution in [0.1, 0.15) is 37.7 Å². The van der Waals surface area contributed by atoms with E-state index in [1.165, 1.54) is 32.4 Å². The lowest BCUT2D eigenvalue weighted by Gasteiger charge is -2.21. The van der Waals surface area contributed by atoms with Gasteiger partial charge in [-0.25, -0.2) is 17.9 Å². The summed E-state index contributed by atoms with van der Waals surface area (Å²) in [6, 6.07) is 4.55. The summed E-state index contributed by atoms with van der Waals surface area (Å²) in [5, 5.41) is 5.58. The van der Waals surface area contributed by atoms with Crippen molar-refractivity contribution in [2.45, 2.75) is 43.9 Å². The molecule has 0 bridgehead atoms. The molecule has 1 aromatic rings. The number of anilines is 1. The first kappa shape index (κ1) is 17.7. The molecule has 0 saturated heterocycles. The smallest absolute Gasteiger partial charge is 0.319 e. The molecule has 1 saturated carbocycles. The molecule has 1 fully saturated rings. The Balaban J connectivity index is 1.97. The van der Waals surface area contributed by atoms with Crippen LogP contribution in [0.3, 0.4) is 0 Å². The molecule has 0 aromatic heterocycles. The lowest BCUT2D eigenvalue weighted by atomic mass is 9.89. The first-order valence-corrected chi connectivity index (χ1v) is 9.50. The lowest BCUT2D eigenvalue weighted by molar-refractivity contribution is 0.247. The number of aryl methyl sites for hydroxylation is 1. The number of benzene rings is 1. The first-order chi connectivity index (χ1) is 10.9. The van der Waals surface area contributed by atoms with E-state index in [1.807, 2.05) is 0 Å². The van der Waals surface area contributed by atoms with E-state index in [0.29, 0.717) is 23.7 Å². The quantitative estimate of drug-likeness (QED) is 0.770. The Labute approximate surface area is 138 Å². The number of nitrogens with one attached hydrogen (secondary N) is 3. The Kier molecular flexibility index (Phi) is 6.01. The molecule has 0 radical (unpaired) electrons. The molecule has 0 aliphatic heterocycles. The fourth-order valence-corrected chi connectivity index (χ4v) is 3.87. The fraction of sp³-hybridized carbons (Fsp3) is 0.562. The SMILES string of the molecule is CNS(=O)(=O)c1cc(NC(=O)NCC2CCCCC2)ccc1C. The van der Waals surface area contributed by atoms with E-state index in [0.717, 1.165) is 12.8 Å². The number of hydrogen-bond donors (Lipinski definition) is 3. The fourth-order valence-electron chi connectivity index (χ4n) is 2.88. The summed E-state index contributed by atoms with van der Waals surface area (Å²) in [5.41, 5.74) is 1.10. The van der Waals surface area contributed by atoms with E-state index in [1.54, 1.807) is 19.1 Å². The molecular formula is C16H25N3O3S. The predicted molar refractivity (Wildman–Crippen MR) is 91.0 cm³/mol. The van der Waals surface area contributed by atoms with Crippen molar-refractivity contribution in [1.82, 2.24) is 10.0 Å². The summed E-state index contributed by atoms with van der Waals surface area (Å²) < 4.78 is 26.2. The van der Waals surface area contributed by atoms with Gasteiger partial charge in [-0.15, -0.1) is 0 Å². The first-order valence-electron chi connectivity index (χ1n) is 8.01. The van der Waals surface area contributed by atoms with Crippen LogP contribution >= 0.6 is 0 Å². The van der Waals surface area contributed by atoms with Crippen molar-refractivity contribution < 1.29 is 13.2 Å². The van der Waals surface area contributed by atoms with Gasteiger partial charge in [0, 0.05) is 12.2 Å². The maximum absolute atomic E-state index is 12.0. The van der Waals surface area contributed by atoms with E-state index >= 15 is 0 Å². The van der Waals surface area contributed by atoms with E-state index in [4.69, 9.17) is 0 Å². The summed E-state index contributed by atoms with van der Waals surface area (Å²) >= 11 is 0. The monoisotopic (exact) mass is 339 g/mol. The Morgan fingerprint density at radius 2 is 1.91 bits per heavy atom. The van der Waals surface area contributed by atoms with Crippen LogP contribution in [0.4, 0.5) is 10.5 Å². The van der Waals surface area contributed by atoms with Crippen molar-refractivity contribution in [3.8, 4) is 0 Å². The van der Waals surface area contributed by atoms with E-state index in [9.17, 15) is 13.2 Å². The Morgan fingerprint density at radius 1 is 1.22 bits per heavy atom. The van der Waals surface area contributed by atoms with Gasteiger partial charge in [-0.3, -0.25) is 0 Å². The minimum Gasteiger partial charge on any atom is -0.338 e. The second-order valence-electron chi connectivity index (χ2n) is 6.03. The van der Waals surface area contributed by atoms with Crippen LogP contribution in [0.25, 0.3) is 0 Å². The molecule has 128 valence electrons. The maximum atomic E-state index is 12.0. The number of sulfonamides is 1. The maximum Gasteiger partial charge on any atom is 0.319 e. The third-order valence-electron chi connectivity index (χ3n) is 4.28. The molecular weight excluding hydrogens is 314 g/mol. The Bertz CT molecular complexity index is 653. The van der Waals surface area contributed by atoms with Gasteiger partial charge in [0.05, 0.1) is 4.90 Å². The largest absolute Gasteiger partial charge is 0.338 e. The van der Waals surface area contributed by atoms with Crippen LogP contribution in [-0.4, -0.2) is 28.0 Å². The lowest BCUT2D eigenvalue weighted by Crippen LogP contribution is -2.33. The van der Waals surface area contributed by atoms with Gasteiger partial charge in [-0.1, -0.05) is 25.3 Å². The third-order valence-corrected chi connectivity index (χ3v) is 5.84. The molecule has 2 rings (SSSR count). The van der Waals surface area contributed by atoms with Gasteiger partial charge in [0.2, 0.25) is 10.0 Å². The summed E-state index contributed by atoms with van der Waals surface area (Å²) in [4.78, 5) is 12.2. The Morgan fingerprint density at radius 3 is 2.57 bits per heavy atom. The molecule has 7 heteroatoms. The van der Waals surface area contributed by atoms with Gasteiger partial charge < -0.3 is 10.6 Å². The zero-order valence-electron chi connectivity index (χ0n) is 13.7. The number of hydrogen-bond acceptors (Lipinski definition) is 3. The zero-order valence-corrected chi connectivity index (χ0v) is 14.5. The molecule has 1 aliphatic carbocycles. The molecule has 6 nitrogen and oxygen atoms in total. The number of carbonyl (C=O) groups excluding carboxylic acids is 1. The van der Waals surface area contributed by atoms with Crippen LogP contribution in [0, 0.1) is 12.8 Å². The zero-order chi connectivity index (χ0) is 16.9. The van der Waals surface area contributed by atoms with Crippen LogP contribution < -0.4 is 15.4 Å². The molecule has 0 heterocycles. The van der Waals surface area contributed by atoms with Gasteiger partial charge in [0.25, 0.3) is 0 Å². The molecule has 0 unspecified atom stereocenters. The van der Waals surface area contributed by atoms with Gasteiger partial charge in [0.1, 0.15) is 0 Å². The topological polar surface area (TPSA) is 87.3 Å². The average Bonchev–Trinajstić information content (AvgIpc) is 2.55. The summed E-state index contributed by atoms with van der Waals surface area (Å²) in [6.45, 7) is 2.39. The van der Waals surface area contributed by atoms with Crippen molar-refractivity contribution >= 4 is 21.7 Å². The number of carbonyl (C=O) groups is 1. The van der Waals surface area contributed by atoms with E-state index < -0.39 is 10.0 Å². The second kappa shape index (κ2) is 7.79. The molecule has 0 atom stereocenters. The van der Waals surface area contributed by atoms with E-state index in [-0.39, 0.29) is 10.9 Å². The summed E-state index contributed by atoms with van der Waals surface area (Å²) in [5.74, 6) is 0.549. The molecule has 23 heavy (non-hydrogen) atoms.